The van der Waals surface area contributed by atoms with Gasteiger partial charge in [-0.3, -0.25) is 0 Å². The maximum atomic E-state index is 9.83. The number of allylic oxidation sites excluding steroid dienone is 1. The highest BCUT2D eigenvalue weighted by Crippen LogP contribution is 2.62. The number of phenols is 1. The van der Waals surface area contributed by atoms with Crippen molar-refractivity contribution in [2.45, 2.75) is 51.4 Å². The van der Waals surface area contributed by atoms with Crippen molar-refractivity contribution >= 4 is 0 Å². The van der Waals surface area contributed by atoms with Gasteiger partial charge in [-0.2, -0.15) is 0 Å². The molecular weight excluding hydrogens is 334 g/mol. The Bertz CT molecular complexity index is 762. The molecule has 3 heteroatoms. The molecule has 1 N–H and O–H groups in total. The van der Waals surface area contributed by atoms with Crippen molar-refractivity contribution in [1.82, 2.24) is 4.90 Å². The number of rotatable bonds is 4. The van der Waals surface area contributed by atoms with Gasteiger partial charge in [-0.1, -0.05) is 18.7 Å². The average Bonchev–Trinajstić information content (AvgIpc) is 2.97. The van der Waals surface area contributed by atoms with Crippen LogP contribution in [-0.4, -0.2) is 37.3 Å². The van der Waals surface area contributed by atoms with Crippen LogP contribution in [-0.2, 0) is 11.2 Å². The maximum absolute atomic E-state index is 9.83. The van der Waals surface area contributed by atoms with E-state index in [4.69, 9.17) is 4.74 Å². The van der Waals surface area contributed by atoms with Gasteiger partial charge in [-0.25, -0.2) is 0 Å². The normalized spacial score (nSPS) is 31.7. The summed E-state index contributed by atoms with van der Waals surface area (Å²) in [6, 6.07) is 6.06. The van der Waals surface area contributed by atoms with E-state index in [1.54, 1.807) is 0 Å². The van der Waals surface area contributed by atoms with Crippen LogP contribution in [0.2, 0.25) is 0 Å². The highest BCUT2D eigenvalue weighted by atomic mass is 16.5. The topological polar surface area (TPSA) is 32.7 Å². The fourth-order valence-electron chi connectivity index (χ4n) is 6.03. The standard InChI is InChI=1S/C24H33NO2/c1-24-12-10-21-20-8-6-19(26)16-17(20)4-7-22(21)23(24)9-5-18(24)11-14-27-15-13-25(2)3/h6,8,14,16,21-23,26H,4-5,7,9-10,12-13,15H2,1-3H3. The van der Waals surface area contributed by atoms with Crippen LogP contribution in [0.1, 0.15) is 56.1 Å². The van der Waals surface area contributed by atoms with E-state index in [9.17, 15) is 5.11 Å². The molecule has 3 aliphatic rings. The van der Waals surface area contributed by atoms with E-state index in [2.05, 4.69) is 37.7 Å². The van der Waals surface area contributed by atoms with Gasteiger partial charge in [0.15, 0.2) is 0 Å². The van der Waals surface area contributed by atoms with Gasteiger partial charge in [-0.15, -0.1) is 0 Å². The number of nitrogens with zero attached hydrogens (tertiary/aromatic N) is 1. The summed E-state index contributed by atoms with van der Waals surface area (Å²) >= 11 is 0. The molecular formula is C24H33NO2. The zero-order chi connectivity index (χ0) is 19.0. The number of hydrogen-bond acceptors (Lipinski definition) is 3. The number of hydrogen-bond donors (Lipinski definition) is 1. The van der Waals surface area contributed by atoms with Crippen molar-refractivity contribution in [2.24, 2.45) is 17.3 Å². The largest absolute Gasteiger partial charge is 0.508 e. The number of aromatic hydroxyl groups is 1. The Morgan fingerprint density at radius 3 is 2.93 bits per heavy atom. The number of phenolic OH excluding ortho intramolecular Hbond substituents is 1. The van der Waals surface area contributed by atoms with Gasteiger partial charge in [0, 0.05) is 6.54 Å². The van der Waals surface area contributed by atoms with Crippen LogP contribution in [0.15, 0.2) is 35.8 Å². The second kappa shape index (κ2) is 7.37. The molecule has 0 aliphatic heterocycles. The lowest BCUT2D eigenvalue weighted by molar-refractivity contribution is 0.0814. The van der Waals surface area contributed by atoms with Crippen LogP contribution in [0.5, 0.6) is 5.75 Å². The molecule has 0 aromatic heterocycles. The molecule has 0 spiro atoms. The van der Waals surface area contributed by atoms with Gasteiger partial charge in [0.05, 0.1) is 0 Å². The molecule has 2 saturated carbocycles. The van der Waals surface area contributed by atoms with Crippen molar-refractivity contribution in [3.05, 3.63) is 46.9 Å². The summed E-state index contributed by atoms with van der Waals surface area (Å²) in [5.74, 6) is 2.62. The first-order valence-electron chi connectivity index (χ1n) is 10.5. The molecule has 4 rings (SSSR count). The fourth-order valence-corrected chi connectivity index (χ4v) is 6.03. The zero-order valence-corrected chi connectivity index (χ0v) is 17.0. The number of benzene rings is 1. The molecule has 3 aliphatic carbocycles. The minimum absolute atomic E-state index is 0.289. The monoisotopic (exact) mass is 367 g/mol. The molecule has 2 fully saturated rings. The molecule has 3 nitrogen and oxygen atoms in total. The molecule has 0 saturated heterocycles. The summed E-state index contributed by atoms with van der Waals surface area (Å²) in [6.45, 7) is 4.14. The molecule has 0 heterocycles. The van der Waals surface area contributed by atoms with Gasteiger partial charge >= 0.3 is 0 Å². The zero-order valence-electron chi connectivity index (χ0n) is 17.0. The van der Waals surface area contributed by atoms with E-state index in [1.807, 2.05) is 18.4 Å². The van der Waals surface area contributed by atoms with Crippen molar-refractivity contribution < 1.29 is 9.84 Å². The van der Waals surface area contributed by atoms with Crippen LogP contribution in [0.3, 0.4) is 0 Å². The van der Waals surface area contributed by atoms with Crippen molar-refractivity contribution in [3.8, 4) is 5.75 Å². The third-order valence-electron chi connectivity index (χ3n) is 7.47. The van der Waals surface area contributed by atoms with E-state index < -0.39 is 0 Å². The van der Waals surface area contributed by atoms with Gasteiger partial charge < -0.3 is 14.7 Å². The number of aryl methyl sites for hydroxylation is 1. The first-order chi connectivity index (χ1) is 13.0. The molecule has 27 heavy (non-hydrogen) atoms. The minimum atomic E-state index is 0.289. The van der Waals surface area contributed by atoms with Crippen molar-refractivity contribution in [1.29, 1.82) is 0 Å². The highest BCUT2D eigenvalue weighted by molar-refractivity contribution is 5.40. The van der Waals surface area contributed by atoms with E-state index in [1.165, 1.54) is 48.8 Å². The quantitative estimate of drug-likeness (QED) is 0.468. The molecule has 4 unspecified atom stereocenters. The Balaban J connectivity index is 1.52. The Hall–Kier alpha value is -1.70. The summed E-state index contributed by atoms with van der Waals surface area (Å²) in [6.07, 6.45) is 9.14. The van der Waals surface area contributed by atoms with E-state index in [0.717, 1.165) is 31.4 Å². The van der Waals surface area contributed by atoms with Crippen molar-refractivity contribution in [3.63, 3.8) is 0 Å². The molecule has 0 amide bonds. The van der Waals surface area contributed by atoms with Gasteiger partial charge in [0.2, 0.25) is 0 Å². The van der Waals surface area contributed by atoms with Crippen LogP contribution in [0.25, 0.3) is 0 Å². The van der Waals surface area contributed by atoms with E-state index in [-0.39, 0.29) is 5.41 Å². The molecule has 1 aromatic carbocycles. The Kier molecular flexibility index (Phi) is 5.09. The van der Waals surface area contributed by atoms with Gasteiger partial charge in [0.25, 0.3) is 0 Å². The summed E-state index contributed by atoms with van der Waals surface area (Å²) in [5.41, 5.74) is 8.19. The molecule has 146 valence electrons. The first-order valence-corrected chi connectivity index (χ1v) is 10.5. The number of likely N-dealkylation sites (N-methyl/N-ethyl adjacent to an activating group) is 1. The molecule has 1 aromatic rings. The highest BCUT2D eigenvalue weighted by Gasteiger charge is 2.52. The lowest BCUT2D eigenvalue weighted by Gasteiger charge is -2.49. The van der Waals surface area contributed by atoms with Crippen molar-refractivity contribution in [2.75, 3.05) is 27.2 Å². The minimum Gasteiger partial charge on any atom is -0.508 e. The van der Waals surface area contributed by atoms with Crippen LogP contribution < -0.4 is 0 Å². The number of ether oxygens (including phenoxy) is 1. The first kappa shape index (κ1) is 18.7. The second-order valence-corrected chi connectivity index (χ2v) is 9.21. The SMILES string of the molecule is CN(C)CCOC=C=C1CCC2C3CCc4cc(O)ccc4C3CCC12C. The summed E-state index contributed by atoms with van der Waals surface area (Å²) in [4.78, 5) is 2.13. The van der Waals surface area contributed by atoms with Crippen LogP contribution in [0, 0.1) is 17.3 Å². The van der Waals surface area contributed by atoms with E-state index in [0.29, 0.717) is 11.7 Å². The third-order valence-corrected chi connectivity index (χ3v) is 7.47. The van der Waals surface area contributed by atoms with Crippen LogP contribution in [0.4, 0.5) is 0 Å². The number of fused-ring (bicyclic) bond motifs is 5. The maximum Gasteiger partial charge on any atom is 0.125 e. The lowest BCUT2D eigenvalue weighted by Crippen LogP contribution is -2.40. The predicted octanol–water partition coefficient (Wildman–Crippen LogP) is 4.87. The second-order valence-electron chi connectivity index (χ2n) is 9.21. The summed E-state index contributed by atoms with van der Waals surface area (Å²) in [7, 11) is 4.13. The Morgan fingerprint density at radius 2 is 2.11 bits per heavy atom. The summed E-state index contributed by atoms with van der Waals surface area (Å²) in [5, 5.41) is 9.83. The molecule has 4 atom stereocenters. The fraction of sp³-hybridized carbons (Fsp3) is 0.625. The van der Waals surface area contributed by atoms with Gasteiger partial charge in [0.1, 0.15) is 18.6 Å². The average molecular weight is 368 g/mol. The van der Waals surface area contributed by atoms with Gasteiger partial charge in [-0.05, 0) is 105 Å². The lowest BCUT2D eigenvalue weighted by atomic mass is 9.55. The van der Waals surface area contributed by atoms with E-state index >= 15 is 0 Å². The molecule has 0 radical (unpaired) electrons. The Morgan fingerprint density at radius 1 is 1.26 bits per heavy atom. The predicted molar refractivity (Wildman–Crippen MR) is 109 cm³/mol. The third kappa shape index (κ3) is 3.44. The Labute approximate surface area is 163 Å². The van der Waals surface area contributed by atoms with Crippen LogP contribution >= 0.6 is 0 Å². The summed E-state index contributed by atoms with van der Waals surface area (Å²) < 4.78 is 5.67. The molecule has 0 bridgehead atoms. The smallest absolute Gasteiger partial charge is 0.125 e.